The van der Waals surface area contributed by atoms with Crippen molar-refractivity contribution in [3.8, 4) is 5.75 Å². The molecule has 0 aromatic heterocycles. The normalized spacial score (nSPS) is 24.8. The zero-order chi connectivity index (χ0) is 14.5. The van der Waals surface area contributed by atoms with Crippen LogP contribution in [0.25, 0.3) is 0 Å². The van der Waals surface area contributed by atoms with Gasteiger partial charge in [-0.1, -0.05) is 12.1 Å². The lowest BCUT2D eigenvalue weighted by Crippen LogP contribution is -2.31. The summed E-state index contributed by atoms with van der Waals surface area (Å²) in [5.41, 5.74) is 7.39. The zero-order valence-electron chi connectivity index (χ0n) is 12.4. The van der Waals surface area contributed by atoms with Gasteiger partial charge in [0.1, 0.15) is 5.75 Å². The fourth-order valence-corrected chi connectivity index (χ4v) is 2.66. The highest BCUT2D eigenvalue weighted by Crippen LogP contribution is 2.21. The second-order valence-electron chi connectivity index (χ2n) is 5.15. The maximum absolute atomic E-state index is 6.28. The molecular weight excluding hydrogens is 256 g/mol. The van der Waals surface area contributed by atoms with E-state index in [1.807, 2.05) is 24.3 Å². The van der Waals surface area contributed by atoms with Crippen LogP contribution in [0.2, 0.25) is 0 Å². The van der Waals surface area contributed by atoms with Crippen LogP contribution in [-0.2, 0) is 9.47 Å². The largest absolute Gasteiger partial charge is 0.497 e. The van der Waals surface area contributed by atoms with E-state index in [0.717, 1.165) is 30.9 Å². The van der Waals surface area contributed by atoms with Crippen LogP contribution in [0.4, 0.5) is 0 Å². The van der Waals surface area contributed by atoms with E-state index in [0.29, 0.717) is 0 Å². The molecule has 112 valence electrons. The SMILES string of the molecule is COc1ccc(C(N)CN2CC(OC)C(OC)C2)cc1. The Kier molecular flexibility index (Phi) is 5.37. The van der Waals surface area contributed by atoms with E-state index < -0.39 is 0 Å². The monoisotopic (exact) mass is 280 g/mol. The number of nitrogens with two attached hydrogens (primary N) is 1. The molecule has 0 radical (unpaired) electrons. The molecule has 5 nitrogen and oxygen atoms in total. The van der Waals surface area contributed by atoms with Gasteiger partial charge >= 0.3 is 0 Å². The third-order valence-electron chi connectivity index (χ3n) is 3.90. The van der Waals surface area contributed by atoms with Gasteiger partial charge in [0.25, 0.3) is 0 Å². The summed E-state index contributed by atoms with van der Waals surface area (Å²) in [6, 6.07) is 7.89. The van der Waals surface area contributed by atoms with Gasteiger partial charge in [0, 0.05) is 39.9 Å². The molecule has 1 heterocycles. The van der Waals surface area contributed by atoms with Crippen LogP contribution in [0, 0.1) is 0 Å². The standard InChI is InChI=1S/C15H24N2O3/c1-18-12-6-4-11(5-7-12)13(16)8-17-9-14(19-2)15(10-17)20-3/h4-7,13-15H,8-10,16H2,1-3H3. The van der Waals surface area contributed by atoms with Crippen molar-refractivity contribution in [2.45, 2.75) is 18.2 Å². The van der Waals surface area contributed by atoms with E-state index in [4.69, 9.17) is 19.9 Å². The van der Waals surface area contributed by atoms with Gasteiger partial charge in [0.05, 0.1) is 19.3 Å². The lowest BCUT2D eigenvalue weighted by atomic mass is 10.1. The molecule has 1 aromatic carbocycles. The van der Waals surface area contributed by atoms with Crippen LogP contribution < -0.4 is 10.5 Å². The summed E-state index contributed by atoms with van der Waals surface area (Å²) in [6.07, 6.45) is 0.256. The number of likely N-dealkylation sites (tertiary alicyclic amines) is 1. The van der Waals surface area contributed by atoms with Gasteiger partial charge in [-0.3, -0.25) is 4.90 Å². The number of ether oxygens (including phenoxy) is 3. The number of rotatable bonds is 6. The van der Waals surface area contributed by atoms with Gasteiger partial charge in [0.2, 0.25) is 0 Å². The summed E-state index contributed by atoms with van der Waals surface area (Å²) in [5.74, 6) is 0.848. The summed E-state index contributed by atoms with van der Waals surface area (Å²) in [4.78, 5) is 2.29. The van der Waals surface area contributed by atoms with Crippen molar-refractivity contribution in [2.24, 2.45) is 5.73 Å². The molecule has 1 fully saturated rings. The van der Waals surface area contributed by atoms with E-state index in [1.54, 1.807) is 21.3 Å². The lowest BCUT2D eigenvalue weighted by Gasteiger charge is -2.20. The highest BCUT2D eigenvalue weighted by Gasteiger charge is 2.33. The smallest absolute Gasteiger partial charge is 0.118 e. The first-order chi connectivity index (χ1) is 9.67. The average Bonchev–Trinajstić information content (AvgIpc) is 2.89. The topological polar surface area (TPSA) is 57.0 Å². The molecule has 5 heteroatoms. The van der Waals surface area contributed by atoms with Gasteiger partial charge in [-0.25, -0.2) is 0 Å². The molecule has 0 amide bonds. The van der Waals surface area contributed by atoms with Crippen molar-refractivity contribution in [1.29, 1.82) is 0 Å². The first kappa shape index (κ1) is 15.3. The number of hydrogen-bond donors (Lipinski definition) is 1. The summed E-state index contributed by atoms with van der Waals surface area (Å²) in [7, 11) is 5.11. The molecule has 0 aliphatic carbocycles. The van der Waals surface area contributed by atoms with Crippen molar-refractivity contribution in [2.75, 3.05) is 41.0 Å². The van der Waals surface area contributed by atoms with Gasteiger partial charge in [-0.2, -0.15) is 0 Å². The number of methoxy groups -OCH3 is 3. The van der Waals surface area contributed by atoms with Crippen molar-refractivity contribution < 1.29 is 14.2 Å². The van der Waals surface area contributed by atoms with E-state index in [-0.39, 0.29) is 18.2 Å². The molecule has 0 saturated carbocycles. The van der Waals surface area contributed by atoms with E-state index >= 15 is 0 Å². The van der Waals surface area contributed by atoms with Crippen molar-refractivity contribution >= 4 is 0 Å². The van der Waals surface area contributed by atoms with Gasteiger partial charge < -0.3 is 19.9 Å². The fourth-order valence-electron chi connectivity index (χ4n) is 2.66. The minimum absolute atomic E-state index is 0.0194. The fraction of sp³-hybridized carbons (Fsp3) is 0.600. The predicted octanol–water partition coefficient (Wildman–Crippen LogP) is 1.04. The molecule has 1 aliphatic heterocycles. The first-order valence-corrected chi connectivity index (χ1v) is 6.85. The highest BCUT2D eigenvalue weighted by atomic mass is 16.5. The second-order valence-corrected chi connectivity index (χ2v) is 5.15. The van der Waals surface area contributed by atoms with Crippen LogP contribution in [0.15, 0.2) is 24.3 Å². The number of nitrogens with zero attached hydrogens (tertiary/aromatic N) is 1. The lowest BCUT2D eigenvalue weighted by molar-refractivity contribution is -0.00461. The Morgan fingerprint density at radius 2 is 1.65 bits per heavy atom. The summed E-state index contributed by atoms with van der Waals surface area (Å²) in [5, 5.41) is 0. The average molecular weight is 280 g/mol. The van der Waals surface area contributed by atoms with E-state index in [2.05, 4.69) is 4.90 Å². The summed E-state index contributed by atoms with van der Waals surface area (Å²) < 4.78 is 16.0. The first-order valence-electron chi connectivity index (χ1n) is 6.85. The van der Waals surface area contributed by atoms with Crippen LogP contribution in [0.3, 0.4) is 0 Å². The van der Waals surface area contributed by atoms with Gasteiger partial charge in [-0.15, -0.1) is 0 Å². The zero-order valence-corrected chi connectivity index (χ0v) is 12.4. The second kappa shape index (κ2) is 7.04. The van der Waals surface area contributed by atoms with Gasteiger partial charge in [0.15, 0.2) is 0 Å². The molecule has 3 atom stereocenters. The molecule has 0 bridgehead atoms. The highest BCUT2D eigenvalue weighted by molar-refractivity contribution is 5.29. The summed E-state index contributed by atoms with van der Waals surface area (Å²) in [6.45, 7) is 2.52. The third kappa shape index (κ3) is 3.49. The number of hydrogen-bond acceptors (Lipinski definition) is 5. The Labute approximate surface area is 120 Å². The predicted molar refractivity (Wildman–Crippen MR) is 78.0 cm³/mol. The Morgan fingerprint density at radius 3 is 2.10 bits per heavy atom. The van der Waals surface area contributed by atoms with Crippen LogP contribution >= 0.6 is 0 Å². The molecule has 1 aliphatic rings. The van der Waals surface area contributed by atoms with Gasteiger partial charge in [-0.05, 0) is 17.7 Å². The molecule has 0 spiro atoms. The van der Waals surface area contributed by atoms with Crippen molar-refractivity contribution in [3.05, 3.63) is 29.8 Å². The Hall–Kier alpha value is -1.14. The molecule has 2 rings (SSSR count). The Bertz CT molecular complexity index is 398. The minimum atomic E-state index is -0.0194. The van der Waals surface area contributed by atoms with Crippen molar-refractivity contribution in [1.82, 2.24) is 4.90 Å². The third-order valence-corrected chi connectivity index (χ3v) is 3.90. The Balaban J connectivity index is 1.92. The maximum atomic E-state index is 6.28. The molecule has 2 N–H and O–H groups in total. The summed E-state index contributed by atoms with van der Waals surface area (Å²) >= 11 is 0. The molecular formula is C15H24N2O3. The molecule has 3 unspecified atom stereocenters. The maximum Gasteiger partial charge on any atom is 0.118 e. The van der Waals surface area contributed by atoms with Crippen molar-refractivity contribution in [3.63, 3.8) is 0 Å². The Morgan fingerprint density at radius 1 is 1.10 bits per heavy atom. The number of benzene rings is 1. The van der Waals surface area contributed by atoms with Crippen LogP contribution in [0.1, 0.15) is 11.6 Å². The molecule has 20 heavy (non-hydrogen) atoms. The minimum Gasteiger partial charge on any atom is -0.497 e. The van der Waals surface area contributed by atoms with E-state index in [9.17, 15) is 0 Å². The van der Waals surface area contributed by atoms with E-state index in [1.165, 1.54) is 0 Å². The molecule has 1 saturated heterocycles. The quantitative estimate of drug-likeness (QED) is 0.844. The van der Waals surface area contributed by atoms with Crippen LogP contribution in [0.5, 0.6) is 5.75 Å². The molecule has 1 aromatic rings. The van der Waals surface area contributed by atoms with Crippen LogP contribution in [-0.4, -0.2) is 58.1 Å².